The van der Waals surface area contributed by atoms with Gasteiger partial charge in [0.25, 0.3) is 5.91 Å². The molecule has 3 nitrogen and oxygen atoms in total. The fourth-order valence-electron chi connectivity index (χ4n) is 4.72. The van der Waals surface area contributed by atoms with Gasteiger partial charge in [0.15, 0.2) is 0 Å². The van der Waals surface area contributed by atoms with E-state index >= 15 is 0 Å². The third-order valence-electron chi connectivity index (χ3n) is 6.54. The summed E-state index contributed by atoms with van der Waals surface area (Å²) in [5, 5.41) is 4.74. The number of likely N-dealkylation sites (tertiary alicyclic amines) is 2. The van der Waals surface area contributed by atoms with E-state index in [-0.39, 0.29) is 11.7 Å². The van der Waals surface area contributed by atoms with Gasteiger partial charge in [-0.1, -0.05) is 35.9 Å². The first-order valence-corrected chi connectivity index (χ1v) is 12.9. The zero-order valence-electron chi connectivity index (χ0n) is 18.7. The van der Waals surface area contributed by atoms with Crippen molar-refractivity contribution in [3.63, 3.8) is 0 Å². The van der Waals surface area contributed by atoms with Crippen LogP contribution in [0.25, 0.3) is 0 Å². The highest BCUT2D eigenvalue weighted by Crippen LogP contribution is 2.29. The molecule has 1 aromatic heterocycles. The minimum atomic E-state index is -0.167. The van der Waals surface area contributed by atoms with Crippen molar-refractivity contribution in [2.45, 2.75) is 25.2 Å². The quantitative estimate of drug-likeness (QED) is 0.418. The fraction of sp³-hybridized carbons (Fsp3) is 0.370. The van der Waals surface area contributed by atoms with Crippen LogP contribution in [0, 0.1) is 11.7 Å². The minimum Gasteiger partial charge on any atom is -0.338 e. The number of carbonyl (C=O) groups is 1. The number of thiophene rings is 1. The number of halogens is 2. The molecule has 2 aromatic carbocycles. The maximum Gasteiger partial charge on any atom is 0.253 e. The predicted molar refractivity (Wildman–Crippen MR) is 135 cm³/mol. The summed E-state index contributed by atoms with van der Waals surface area (Å²) in [6, 6.07) is 18.2. The normalized spacial score (nSPS) is 19.2. The Labute approximate surface area is 204 Å². The van der Waals surface area contributed by atoms with Gasteiger partial charge in [0.05, 0.1) is 0 Å². The second-order valence-electron chi connectivity index (χ2n) is 8.83. The van der Waals surface area contributed by atoms with Crippen LogP contribution < -0.4 is 0 Å². The Hall–Kier alpha value is -2.21. The summed E-state index contributed by atoms with van der Waals surface area (Å²) in [5.74, 6) is 1.01. The summed E-state index contributed by atoms with van der Waals surface area (Å²) in [7, 11) is 0. The molecule has 0 unspecified atom stereocenters. The van der Waals surface area contributed by atoms with Crippen LogP contribution in [0.1, 0.15) is 41.1 Å². The summed E-state index contributed by atoms with van der Waals surface area (Å²) >= 11 is 7.63. The van der Waals surface area contributed by atoms with E-state index in [4.69, 9.17) is 11.6 Å². The summed E-state index contributed by atoms with van der Waals surface area (Å²) in [5.41, 5.74) is 1.96. The average Bonchev–Trinajstić information content (AvgIpc) is 3.56. The molecule has 1 atom stereocenters. The van der Waals surface area contributed by atoms with Crippen molar-refractivity contribution in [3.8, 4) is 0 Å². The molecule has 2 saturated heterocycles. The number of benzene rings is 2. The molecule has 174 valence electrons. The molecule has 0 saturated carbocycles. The largest absolute Gasteiger partial charge is 0.338 e. The summed E-state index contributed by atoms with van der Waals surface area (Å²) in [6.45, 7) is 4.87. The number of hydrogen-bond donors (Lipinski definition) is 0. The van der Waals surface area contributed by atoms with E-state index in [1.54, 1.807) is 47.7 Å². The lowest BCUT2D eigenvalue weighted by atomic mass is 9.89. The maximum absolute atomic E-state index is 13.1. The number of piperidine rings is 1. The molecule has 1 amide bonds. The van der Waals surface area contributed by atoms with E-state index in [9.17, 15) is 9.18 Å². The Morgan fingerprint density at radius 3 is 2.21 bits per heavy atom. The molecule has 3 heterocycles. The molecule has 2 aliphatic rings. The maximum atomic E-state index is 13.1. The van der Waals surface area contributed by atoms with E-state index in [2.05, 4.69) is 4.90 Å². The van der Waals surface area contributed by atoms with Crippen LogP contribution >= 0.6 is 22.9 Å². The van der Waals surface area contributed by atoms with Crippen LogP contribution in [0.2, 0.25) is 5.02 Å². The Kier molecular flexibility index (Phi) is 8.54. The summed E-state index contributed by atoms with van der Waals surface area (Å²) in [6.07, 6.45) is 3.30. The van der Waals surface area contributed by atoms with E-state index in [0.29, 0.717) is 22.4 Å². The SMILES string of the molecule is O=C(c1ccc(Cl)cc1)N1CC[C@H](CN2CCC(c3ccc(F)cc3)CC2)C1.c1ccsc1. The lowest BCUT2D eigenvalue weighted by Gasteiger charge is -2.33. The fourth-order valence-corrected chi connectivity index (χ4v) is 5.30. The highest BCUT2D eigenvalue weighted by molar-refractivity contribution is 7.07. The van der Waals surface area contributed by atoms with Crippen molar-refractivity contribution in [2.24, 2.45) is 5.92 Å². The van der Waals surface area contributed by atoms with E-state index in [1.807, 2.05) is 39.9 Å². The Balaban J connectivity index is 0.000000459. The van der Waals surface area contributed by atoms with Crippen molar-refractivity contribution < 1.29 is 9.18 Å². The van der Waals surface area contributed by atoms with Gasteiger partial charge in [-0.15, -0.1) is 0 Å². The second kappa shape index (κ2) is 11.8. The Bertz CT molecular complexity index is 969. The highest BCUT2D eigenvalue weighted by Gasteiger charge is 2.29. The van der Waals surface area contributed by atoms with Gasteiger partial charge >= 0.3 is 0 Å². The van der Waals surface area contributed by atoms with Gasteiger partial charge in [-0.2, -0.15) is 11.3 Å². The molecule has 3 aromatic rings. The average molecular weight is 485 g/mol. The van der Waals surface area contributed by atoms with Gasteiger partial charge in [0, 0.05) is 30.2 Å². The van der Waals surface area contributed by atoms with Gasteiger partial charge in [-0.3, -0.25) is 4.79 Å². The van der Waals surface area contributed by atoms with Crippen LogP contribution in [-0.4, -0.2) is 48.4 Å². The Morgan fingerprint density at radius 1 is 0.939 bits per heavy atom. The molecule has 2 fully saturated rings. The van der Waals surface area contributed by atoms with Crippen LogP contribution in [0.3, 0.4) is 0 Å². The first-order chi connectivity index (χ1) is 16.1. The zero-order chi connectivity index (χ0) is 23.0. The van der Waals surface area contributed by atoms with E-state index < -0.39 is 0 Å². The van der Waals surface area contributed by atoms with Crippen LogP contribution in [-0.2, 0) is 0 Å². The monoisotopic (exact) mass is 484 g/mol. The molecule has 2 aliphatic heterocycles. The van der Waals surface area contributed by atoms with Crippen molar-refractivity contribution >= 4 is 28.8 Å². The standard InChI is InChI=1S/C23H26ClFN2O.C4H4S/c24-21-5-1-20(2-6-21)23(28)27-14-9-17(16-27)15-26-12-10-19(11-13-26)18-3-7-22(25)8-4-18;1-2-4-5-3-1/h1-8,17,19H,9-16H2;1-4H/t17-;/m1./s1. The lowest BCUT2D eigenvalue weighted by Crippen LogP contribution is -2.37. The summed E-state index contributed by atoms with van der Waals surface area (Å²) in [4.78, 5) is 17.2. The number of hydrogen-bond acceptors (Lipinski definition) is 3. The molecule has 0 radical (unpaired) electrons. The number of rotatable bonds is 4. The zero-order valence-corrected chi connectivity index (χ0v) is 20.3. The molecule has 0 spiro atoms. The molecule has 0 aliphatic carbocycles. The van der Waals surface area contributed by atoms with Crippen molar-refractivity contribution in [1.82, 2.24) is 9.80 Å². The highest BCUT2D eigenvalue weighted by atomic mass is 35.5. The van der Waals surface area contributed by atoms with Gasteiger partial charge < -0.3 is 9.80 Å². The van der Waals surface area contributed by atoms with Crippen molar-refractivity contribution in [3.05, 3.63) is 93.4 Å². The Morgan fingerprint density at radius 2 is 1.61 bits per heavy atom. The predicted octanol–water partition coefficient (Wildman–Crippen LogP) is 6.57. The molecular weight excluding hydrogens is 455 g/mol. The second-order valence-corrected chi connectivity index (χ2v) is 10.1. The first-order valence-electron chi connectivity index (χ1n) is 11.6. The number of amides is 1. The minimum absolute atomic E-state index is 0.106. The van der Waals surface area contributed by atoms with E-state index in [1.165, 1.54) is 5.56 Å². The van der Waals surface area contributed by atoms with Gasteiger partial charge in [-0.05, 0) is 96.9 Å². The topological polar surface area (TPSA) is 23.6 Å². The summed E-state index contributed by atoms with van der Waals surface area (Å²) < 4.78 is 13.1. The first kappa shape index (κ1) is 23.9. The number of nitrogens with zero attached hydrogens (tertiary/aromatic N) is 2. The van der Waals surface area contributed by atoms with Crippen LogP contribution in [0.15, 0.2) is 71.4 Å². The number of carbonyl (C=O) groups excluding carboxylic acids is 1. The van der Waals surface area contributed by atoms with Crippen LogP contribution in [0.5, 0.6) is 0 Å². The molecular formula is C27H30ClFN2OS. The molecule has 33 heavy (non-hydrogen) atoms. The van der Waals surface area contributed by atoms with Crippen LogP contribution in [0.4, 0.5) is 4.39 Å². The van der Waals surface area contributed by atoms with Gasteiger partial charge in [0.2, 0.25) is 0 Å². The van der Waals surface area contributed by atoms with Gasteiger partial charge in [-0.25, -0.2) is 4.39 Å². The van der Waals surface area contributed by atoms with Gasteiger partial charge in [0.1, 0.15) is 5.82 Å². The van der Waals surface area contributed by atoms with Crippen molar-refractivity contribution in [2.75, 3.05) is 32.7 Å². The molecule has 6 heteroatoms. The lowest BCUT2D eigenvalue weighted by molar-refractivity contribution is 0.0782. The third-order valence-corrected chi connectivity index (χ3v) is 7.42. The molecule has 5 rings (SSSR count). The third kappa shape index (κ3) is 6.89. The van der Waals surface area contributed by atoms with Crippen molar-refractivity contribution in [1.29, 1.82) is 0 Å². The van der Waals surface area contributed by atoms with E-state index in [0.717, 1.165) is 52.0 Å². The smallest absolute Gasteiger partial charge is 0.253 e. The molecule has 0 bridgehead atoms. The molecule has 0 N–H and O–H groups in total.